The first kappa shape index (κ1) is 12.1. The fourth-order valence-electron chi connectivity index (χ4n) is 2.44. The van der Waals surface area contributed by atoms with Crippen LogP contribution in [-0.2, 0) is 0 Å². The average molecular weight is 256 g/mol. The largest absolute Gasteiger partial charge is 0.311 e. The Kier molecular flexibility index (Phi) is 3.40. The van der Waals surface area contributed by atoms with E-state index in [1.54, 1.807) is 17.3 Å². The van der Waals surface area contributed by atoms with Crippen LogP contribution in [0.15, 0.2) is 34.6 Å². The number of hydrogen-bond acceptors (Lipinski definition) is 6. The van der Waals surface area contributed by atoms with Gasteiger partial charge in [-0.3, -0.25) is 0 Å². The number of benzene rings is 1. The Bertz CT molecular complexity index is 514. The Morgan fingerprint density at radius 1 is 1.37 bits per heavy atom. The van der Waals surface area contributed by atoms with Crippen LogP contribution in [-0.4, -0.2) is 18.8 Å². The number of nitriles is 1. The summed E-state index contributed by atoms with van der Waals surface area (Å²) in [6.07, 6.45) is 3.55. The van der Waals surface area contributed by atoms with Crippen LogP contribution in [0.2, 0.25) is 0 Å². The Morgan fingerprint density at radius 2 is 2.32 bits per heavy atom. The molecule has 0 aliphatic carbocycles. The first-order chi connectivity index (χ1) is 9.36. The minimum atomic E-state index is -0.0222. The average Bonchev–Trinajstić information content (AvgIpc) is 2.98. The first-order valence-electron chi connectivity index (χ1n) is 6.57. The molecule has 0 saturated carbocycles. The van der Waals surface area contributed by atoms with Crippen molar-refractivity contribution in [2.45, 2.75) is 31.5 Å². The molecule has 2 aliphatic rings. The number of nitrogens with one attached hydrogen (secondary N) is 2. The quantitative estimate of drug-likeness (QED) is 0.844. The summed E-state index contributed by atoms with van der Waals surface area (Å²) in [5.74, 6) is 0. The molecule has 1 aromatic rings. The number of hydrazine groups is 1. The summed E-state index contributed by atoms with van der Waals surface area (Å²) in [4.78, 5) is 0. The Morgan fingerprint density at radius 3 is 3.11 bits per heavy atom. The van der Waals surface area contributed by atoms with Crippen molar-refractivity contribution in [1.29, 1.82) is 5.26 Å². The molecule has 98 valence electrons. The van der Waals surface area contributed by atoms with E-state index in [1.165, 1.54) is 12.8 Å². The molecule has 2 atom stereocenters. The molecule has 2 aliphatic heterocycles. The monoisotopic (exact) mass is 256 g/mol. The second kappa shape index (κ2) is 5.34. The standard InChI is InChI=1S/C13H16N6/c14-9-10-4-3-5-11(8-10)19-17-13(16-18-19)12-6-1-2-7-15-12/h3-5,8,12-13,15,17H,1-2,6-7H2. The molecule has 0 aromatic heterocycles. The van der Waals surface area contributed by atoms with Crippen LogP contribution in [0.25, 0.3) is 0 Å². The normalized spacial score (nSPS) is 26.4. The summed E-state index contributed by atoms with van der Waals surface area (Å²) in [5.41, 5.74) is 4.71. The van der Waals surface area contributed by atoms with Crippen LogP contribution >= 0.6 is 0 Å². The van der Waals surface area contributed by atoms with Gasteiger partial charge in [0.05, 0.1) is 17.3 Å². The van der Waals surface area contributed by atoms with Gasteiger partial charge in [-0.2, -0.15) is 15.8 Å². The molecule has 2 unspecified atom stereocenters. The summed E-state index contributed by atoms with van der Waals surface area (Å²) in [5, 5.41) is 22.4. The highest BCUT2D eigenvalue weighted by Gasteiger charge is 2.28. The van der Waals surface area contributed by atoms with Crippen LogP contribution in [0.4, 0.5) is 5.69 Å². The fourth-order valence-corrected chi connectivity index (χ4v) is 2.44. The zero-order chi connectivity index (χ0) is 13.1. The van der Waals surface area contributed by atoms with E-state index < -0.39 is 0 Å². The van der Waals surface area contributed by atoms with Crippen molar-refractivity contribution < 1.29 is 0 Å². The van der Waals surface area contributed by atoms with Gasteiger partial charge in [-0.15, -0.1) is 5.11 Å². The van der Waals surface area contributed by atoms with Gasteiger partial charge in [0.2, 0.25) is 0 Å². The lowest BCUT2D eigenvalue weighted by Crippen LogP contribution is -2.50. The number of rotatable bonds is 2. The van der Waals surface area contributed by atoms with E-state index in [0.717, 1.165) is 18.7 Å². The molecule has 1 fully saturated rings. The topological polar surface area (TPSA) is 75.8 Å². The van der Waals surface area contributed by atoms with E-state index in [0.29, 0.717) is 11.6 Å². The maximum Gasteiger partial charge on any atom is 0.156 e. The third kappa shape index (κ3) is 2.57. The molecule has 3 rings (SSSR count). The summed E-state index contributed by atoms with van der Waals surface area (Å²) >= 11 is 0. The number of anilines is 1. The van der Waals surface area contributed by atoms with E-state index in [4.69, 9.17) is 5.26 Å². The Balaban J connectivity index is 1.68. The van der Waals surface area contributed by atoms with Gasteiger partial charge >= 0.3 is 0 Å². The zero-order valence-electron chi connectivity index (χ0n) is 10.6. The Hall–Kier alpha value is -1.97. The molecule has 0 bridgehead atoms. The molecule has 6 heteroatoms. The summed E-state index contributed by atoms with van der Waals surface area (Å²) in [7, 11) is 0. The molecule has 2 heterocycles. The minimum Gasteiger partial charge on any atom is -0.311 e. The molecular formula is C13H16N6. The van der Waals surface area contributed by atoms with Crippen LogP contribution in [0.3, 0.4) is 0 Å². The smallest absolute Gasteiger partial charge is 0.156 e. The fraction of sp³-hybridized carbons (Fsp3) is 0.462. The molecular weight excluding hydrogens is 240 g/mol. The molecule has 0 amide bonds. The van der Waals surface area contributed by atoms with Crippen molar-refractivity contribution in [1.82, 2.24) is 10.7 Å². The maximum atomic E-state index is 8.91. The van der Waals surface area contributed by atoms with Gasteiger partial charge in [-0.05, 0) is 37.6 Å². The predicted molar refractivity (Wildman–Crippen MR) is 71.1 cm³/mol. The van der Waals surface area contributed by atoms with Crippen molar-refractivity contribution in [3.8, 4) is 6.07 Å². The molecule has 1 saturated heterocycles. The van der Waals surface area contributed by atoms with Gasteiger partial charge in [-0.1, -0.05) is 17.7 Å². The van der Waals surface area contributed by atoms with Gasteiger partial charge < -0.3 is 5.32 Å². The summed E-state index contributed by atoms with van der Waals surface area (Å²) in [6, 6.07) is 9.78. The maximum absolute atomic E-state index is 8.91. The third-order valence-corrected chi connectivity index (χ3v) is 3.47. The van der Waals surface area contributed by atoms with Crippen LogP contribution in [0, 0.1) is 11.3 Å². The third-order valence-electron chi connectivity index (χ3n) is 3.47. The highest BCUT2D eigenvalue weighted by molar-refractivity contribution is 5.50. The van der Waals surface area contributed by atoms with Crippen molar-refractivity contribution in [3.05, 3.63) is 29.8 Å². The molecule has 2 N–H and O–H groups in total. The van der Waals surface area contributed by atoms with Crippen molar-refractivity contribution >= 4 is 5.69 Å². The SMILES string of the molecule is N#Cc1cccc(N2N=NC(C3CCCCN3)N2)c1. The molecule has 0 spiro atoms. The van der Waals surface area contributed by atoms with Gasteiger partial charge in [0.15, 0.2) is 6.17 Å². The van der Waals surface area contributed by atoms with Crippen LogP contribution < -0.4 is 15.9 Å². The van der Waals surface area contributed by atoms with E-state index >= 15 is 0 Å². The highest BCUT2D eigenvalue weighted by atomic mass is 15.8. The zero-order valence-corrected chi connectivity index (χ0v) is 10.6. The molecule has 1 aromatic carbocycles. The first-order valence-corrected chi connectivity index (χ1v) is 6.57. The second-order valence-corrected chi connectivity index (χ2v) is 4.81. The summed E-state index contributed by atoms with van der Waals surface area (Å²) < 4.78 is 0. The van der Waals surface area contributed by atoms with E-state index in [2.05, 4.69) is 27.1 Å². The minimum absolute atomic E-state index is 0.0222. The molecule has 0 radical (unpaired) electrons. The van der Waals surface area contributed by atoms with Crippen LogP contribution in [0.1, 0.15) is 24.8 Å². The predicted octanol–water partition coefficient (Wildman–Crippen LogP) is 1.72. The molecule has 19 heavy (non-hydrogen) atoms. The number of nitrogens with zero attached hydrogens (tertiary/aromatic N) is 4. The lowest BCUT2D eigenvalue weighted by Gasteiger charge is -2.27. The summed E-state index contributed by atoms with van der Waals surface area (Å²) in [6.45, 7) is 1.04. The van der Waals surface area contributed by atoms with E-state index in [9.17, 15) is 0 Å². The number of piperidine rings is 1. The van der Waals surface area contributed by atoms with E-state index in [1.807, 2.05) is 12.1 Å². The van der Waals surface area contributed by atoms with Crippen molar-refractivity contribution in [3.63, 3.8) is 0 Å². The van der Waals surface area contributed by atoms with Crippen molar-refractivity contribution in [2.24, 2.45) is 10.3 Å². The van der Waals surface area contributed by atoms with Gasteiger partial charge in [0.25, 0.3) is 0 Å². The van der Waals surface area contributed by atoms with Gasteiger partial charge in [0.1, 0.15) is 0 Å². The van der Waals surface area contributed by atoms with Gasteiger partial charge in [0, 0.05) is 6.04 Å². The second-order valence-electron chi connectivity index (χ2n) is 4.81. The highest BCUT2D eigenvalue weighted by Crippen LogP contribution is 2.21. The van der Waals surface area contributed by atoms with Gasteiger partial charge in [-0.25, -0.2) is 0 Å². The molecule has 6 nitrogen and oxygen atoms in total. The van der Waals surface area contributed by atoms with Crippen LogP contribution in [0.5, 0.6) is 0 Å². The lowest BCUT2D eigenvalue weighted by molar-refractivity contribution is 0.330. The Labute approximate surface area is 112 Å². The number of hydrogen-bond donors (Lipinski definition) is 2. The van der Waals surface area contributed by atoms with E-state index in [-0.39, 0.29) is 6.17 Å². The lowest BCUT2D eigenvalue weighted by atomic mass is 10.0. The van der Waals surface area contributed by atoms with Crippen molar-refractivity contribution in [2.75, 3.05) is 11.7 Å².